The second-order valence-electron chi connectivity index (χ2n) is 3.04. The first-order chi connectivity index (χ1) is 7.51. The van der Waals surface area contributed by atoms with Crippen molar-refractivity contribution < 1.29 is 22.3 Å². The standard InChI is InChI=1S/C10H11F4NO/c11-6-1-7-15-8-2-4-9(5-3-8)16-10(12,13)14/h2-5,15H,1,6-7H2. The molecule has 1 rings (SSSR count). The van der Waals surface area contributed by atoms with Gasteiger partial charge in [-0.3, -0.25) is 4.39 Å². The number of alkyl halides is 4. The minimum absolute atomic E-state index is 0.274. The number of hydrogen-bond acceptors (Lipinski definition) is 2. The van der Waals surface area contributed by atoms with E-state index in [9.17, 15) is 17.6 Å². The summed E-state index contributed by atoms with van der Waals surface area (Å²) in [4.78, 5) is 0. The number of hydrogen-bond donors (Lipinski definition) is 1. The van der Waals surface area contributed by atoms with Crippen molar-refractivity contribution in [1.29, 1.82) is 0 Å². The molecule has 0 bridgehead atoms. The van der Waals surface area contributed by atoms with Gasteiger partial charge < -0.3 is 10.1 Å². The molecule has 0 saturated heterocycles. The van der Waals surface area contributed by atoms with Crippen LogP contribution in [-0.4, -0.2) is 19.6 Å². The Morgan fingerprint density at radius 2 is 1.75 bits per heavy atom. The van der Waals surface area contributed by atoms with Crippen LogP contribution in [0.25, 0.3) is 0 Å². The van der Waals surface area contributed by atoms with E-state index < -0.39 is 13.0 Å². The number of nitrogens with one attached hydrogen (secondary N) is 1. The summed E-state index contributed by atoms with van der Waals surface area (Å²) in [6.07, 6.45) is -4.32. The Morgan fingerprint density at radius 3 is 2.25 bits per heavy atom. The first-order valence-electron chi connectivity index (χ1n) is 4.67. The Kier molecular flexibility index (Phi) is 4.39. The molecule has 0 amide bonds. The van der Waals surface area contributed by atoms with E-state index in [0.29, 0.717) is 18.7 Å². The highest BCUT2D eigenvalue weighted by Crippen LogP contribution is 2.23. The van der Waals surface area contributed by atoms with Gasteiger partial charge in [0.2, 0.25) is 0 Å². The highest BCUT2D eigenvalue weighted by molar-refractivity contribution is 5.46. The van der Waals surface area contributed by atoms with Crippen molar-refractivity contribution in [2.75, 3.05) is 18.5 Å². The van der Waals surface area contributed by atoms with Crippen molar-refractivity contribution in [2.24, 2.45) is 0 Å². The molecule has 1 N–H and O–H groups in total. The summed E-state index contributed by atoms with van der Waals surface area (Å²) in [5.74, 6) is -0.274. The molecule has 0 atom stereocenters. The summed E-state index contributed by atoms with van der Waals surface area (Å²) < 4.78 is 50.9. The van der Waals surface area contributed by atoms with Crippen LogP contribution >= 0.6 is 0 Å². The minimum atomic E-state index is -4.68. The molecule has 16 heavy (non-hydrogen) atoms. The van der Waals surface area contributed by atoms with Crippen LogP contribution in [-0.2, 0) is 0 Å². The predicted molar refractivity (Wildman–Crippen MR) is 52.2 cm³/mol. The highest BCUT2D eigenvalue weighted by Gasteiger charge is 2.30. The minimum Gasteiger partial charge on any atom is -0.406 e. The third-order valence-corrected chi connectivity index (χ3v) is 1.73. The van der Waals surface area contributed by atoms with Gasteiger partial charge >= 0.3 is 6.36 Å². The topological polar surface area (TPSA) is 21.3 Å². The van der Waals surface area contributed by atoms with Gasteiger partial charge in [0.15, 0.2) is 0 Å². The van der Waals surface area contributed by atoms with E-state index in [1.807, 2.05) is 0 Å². The van der Waals surface area contributed by atoms with Crippen LogP contribution in [0.3, 0.4) is 0 Å². The lowest BCUT2D eigenvalue weighted by atomic mass is 10.3. The van der Waals surface area contributed by atoms with Crippen molar-refractivity contribution in [3.63, 3.8) is 0 Å². The van der Waals surface area contributed by atoms with Gasteiger partial charge in [-0.2, -0.15) is 0 Å². The third-order valence-electron chi connectivity index (χ3n) is 1.73. The quantitative estimate of drug-likeness (QED) is 0.626. The zero-order chi connectivity index (χ0) is 12.0. The van der Waals surface area contributed by atoms with Crippen LogP contribution in [0.1, 0.15) is 6.42 Å². The van der Waals surface area contributed by atoms with Crippen molar-refractivity contribution in [3.8, 4) is 5.75 Å². The van der Waals surface area contributed by atoms with Gasteiger partial charge in [0.1, 0.15) is 5.75 Å². The summed E-state index contributed by atoms with van der Waals surface area (Å²) in [5, 5.41) is 2.86. The Hall–Kier alpha value is -1.46. The molecule has 6 heteroatoms. The molecule has 0 aliphatic carbocycles. The largest absolute Gasteiger partial charge is 0.573 e. The molecule has 1 aromatic rings. The maximum atomic E-state index is 11.8. The molecule has 0 unspecified atom stereocenters. The van der Waals surface area contributed by atoms with Crippen LogP contribution in [0.5, 0.6) is 5.75 Å². The molecule has 0 aliphatic heterocycles. The number of halogens is 4. The van der Waals surface area contributed by atoms with Gasteiger partial charge in [-0.1, -0.05) is 0 Å². The van der Waals surface area contributed by atoms with Crippen LogP contribution < -0.4 is 10.1 Å². The summed E-state index contributed by atoms with van der Waals surface area (Å²) in [6, 6.07) is 5.29. The van der Waals surface area contributed by atoms with Gasteiger partial charge in [0.05, 0.1) is 6.67 Å². The predicted octanol–water partition coefficient (Wildman–Crippen LogP) is 3.36. The van der Waals surface area contributed by atoms with Crippen LogP contribution in [0.2, 0.25) is 0 Å². The zero-order valence-electron chi connectivity index (χ0n) is 8.35. The second-order valence-corrected chi connectivity index (χ2v) is 3.04. The number of ether oxygens (including phenoxy) is 1. The first-order valence-corrected chi connectivity index (χ1v) is 4.67. The van der Waals surface area contributed by atoms with E-state index in [4.69, 9.17) is 0 Å². The van der Waals surface area contributed by atoms with Gasteiger partial charge in [0, 0.05) is 12.2 Å². The van der Waals surface area contributed by atoms with E-state index >= 15 is 0 Å². The Bertz CT molecular complexity index is 310. The molecule has 0 fully saturated rings. The number of anilines is 1. The van der Waals surface area contributed by atoms with Crippen molar-refractivity contribution in [1.82, 2.24) is 0 Å². The average molecular weight is 237 g/mol. The van der Waals surface area contributed by atoms with Crippen molar-refractivity contribution >= 4 is 5.69 Å². The van der Waals surface area contributed by atoms with Gasteiger partial charge in [-0.15, -0.1) is 13.2 Å². The zero-order valence-corrected chi connectivity index (χ0v) is 8.35. The summed E-state index contributed by atoms with van der Waals surface area (Å²) >= 11 is 0. The van der Waals surface area contributed by atoms with Crippen molar-refractivity contribution in [3.05, 3.63) is 24.3 Å². The second kappa shape index (κ2) is 5.58. The Morgan fingerprint density at radius 1 is 1.12 bits per heavy atom. The van der Waals surface area contributed by atoms with Crippen LogP contribution in [0.4, 0.5) is 23.2 Å². The molecule has 0 saturated carbocycles. The van der Waals surface area contributed by atoms with E-state index in [1.54, 1.807) is 0 Å². The SMILES string of the molecule is FCCCNc1ccc(OC(F)(F)F)cc1. The molecule has 0 aliphatic rings. The Labute approximate surface area is 90.2 Å². The fourth-order valence-corrected chi connectivity index (χ4v) is 1.07. The van der Waals surface area contributed by atoms with E-state index in [0.717, 1.165) is 0 Å². The summed E-state index contributed by atoms with van der Waals surface area (Å²) in [7, 11) is 0. The fourth-order valence-electron chi connectivity index (χ4n) is 1.07. The van der Waals surface area contributed by atoms with E-state index in [2.05, 4.69) is 10.1 Å². The molecule has 0 aromatic heterocycles. The van der Waals surface area contributed by atoms with E-state index in [1.165, 1.54) is 24.3 Å². The third kappa shape index (κ3) is 4.86. The van der Waals surface area contributed by atoms with Gasteiger partial charge in [-0.25, -0.2) is 0 Å². The molecular formula is C10H11F4NO. The lowest BCUT2D eigenvalue weighted by Crippen LogP contribution is -2.17. The highest BCUT2D eigenvalue weighted by atomic mass is 19.4. The monoisotopic (exact) mass is 237 g/mol. The molecule has 1 aromatic carbocycles. The summed E-state index contributed by atoms with van der Waals surface area (Å²) in [6.45, 7) is 0.0121. The molecule has 90 valence electrons. The smallest absolute Gasteiger partial charge is 0.406 e. The average Bonchev–Trinajstić information content (AvgIpc) is 2.19. The van der Waals surface area contributed by atoms with Crippen LogP contribution in [0, 0.1) is 0 Å². The number of rotatable bonds is 5. The van der Waals surface area contributed by atoms with Gasteiger partial charge in [0.25, 0.3) is 0 Å². The normalized spacial score (nSPS) is 11.2. The maximum absolute atomic E-state index is 11.8. The molecular weight excluding hydrogens is 226 g/mol. The number of benzene rings is 1. The van der Waals surface area contributed by atoms with E-state index in [-0.39, 0.29) is 5.75 Å². The fraction of sp³-hybridized carbons (Fsp3) is 0.400. The first kappa shape index (κ1) is 12.6. The Balaban J connectivity index is 2.48. The molecule has 0 radical (unpaired) electrons. The molecule has 0 heterocycles. The summed E-state index contributed by atoms with van der Waals surface area (Å²) in [5.41, 5.74) is 0.628. The van der Waals surface area contributed by atoms with Gasteiger partial charge in [-0.05, 0) is 30.7 Å². The van der Waals surface area contributed by atoms with Crippen LogP contribution in [0.15, 0.2) is 24.3 Å². The lowest BCUT2D eigenvalue weighted by molar-refractivity contribution is -0.274. The maximum Gasteiger partial charge on any atom is 0.573 e. The lowest BCUT2D eigenvalue weighted by Gasteiger charge is -2.09. The molecule has 0 spiro atoms. The molecule has 2 nitrogen and oxygen atoms in total. The van der Waals surface area contributed by atoms with Crippen molar-refractivity contribution in [2.45, 2.75) is 12.8 Å².